The van der Waals surface area contributed by atoms with Crippen molar-refractivity contribution in [1.29, 1.82) is 0 Å². The molecule has 2 amide bonds. The van der Waals surface area contributed by atoms with Gasteiger partial charge in [-0.2, -0.15) is 0 Å². The Bertz CT molecular complexity index is 660. The van der Waals surface area contributed by atoms with E-state index in [0.717, 1.165) is 25.2 Å². The molecule has 7 heteroatoms. The number of piperazine rings is 1. The third-order valence-electron chi connectivity index (χ3n) is 4.09. The van der Waals surface area contributed by atoms with E-state index in [1.165, 1.54) is 7.11 Å². The van der Waals surface area contributed by atoms with E-state index in [1.807, 2.05) is 4.90 Å². The number of hydrogen-bond acceptors (Lipinski definition) is 5. The summed E-state index contributed by atoms with van der Waals surface area (Å²) in [6.07, 6.45) is 3.31. The predicted octanol–water partition coefficient (Wildman–Crippen LogP) is 0.735. The summed E-state index contributed by atoms with van der Waals surface area (Å²) in [5.41, 5.74) is 5.88. The van der Waals surface area contributed by atoms with Crippen LogP contribution in [0.1, 0.15) is 12.5 Å². The Morgan fingerprint density at radius 3 is 2.72 bits per heavy atom. The monoisotopic (exact) mass is 347 g/mol. The smallest absolute Gasteiger partial charge is 0.255 e. The number of nitrogens with zero attached hydrogens (tertiary/aromatic N) is 2. The van der Waals surface area contributed by atoms with Gasteiger partial charge in [-0.3, -0.25) is 9.59 Å². The zero-order valence-corrected chi connectivity index (χ0v) is 14.9. The molecule has 1 saturated heterocycles. The third kappa shape index (κ3) is 5.22. The Morgan fingerprint density at radius 1 is 1.32 bits per heavy atom. The number of methoxy groups -OCH3 is 1. The van der Waals surface area contributed by atoms with Crippen molar-refractivity contribution in [2.24, 2.45) is 5.73 Å². The van der Waals surface area contributed by atoms with Gasteiger partial charge in [0.05, 0.1) is 7.11 Å². The van der Waals surface area contributed by atoms with Crippen LogP contribution in [0.4, 0.5) is 0 Å². The number of amides is 2. The summed E-state index contributed by atoms with van der Waals surface area (Å²) in [4.78, 5) is 27.3. The molecule has 1 heterocycles. The Balaban J connectivity index is 2.05. The second kappa shape index (κ2) is 8.53. The average molecular weight is 347 g/mol. The van der Waals surface area contributed by atoms with Crippen LogP contribution in [0.5, 0.6) is 11.5 Å². The molecule has 1 unspecified atom stereocenters. The van der Waals surface area contributed by atoms with E-state index < -0.39 is 5.91 Å². The second-order valence-electron chi connectivity index (χ2n) is 6.14. The maximum Gasteiger partial charge on any atom is 0.255 e. The minimum Gasteiger partial charge on any atom is -0.493 e. The first-order chi connectivity index (χ1) is 11.9. The molecule has 0 aromatic heterocycles. The molecule has 7 nitrogen and oxygen atoms in total. The first-order valence-electron chi connectivity index (χ1n) is 8.17. The normalized spacial score (nSPS) is 18.4. The molecule has 0 spiro atoms. The molecule has 136 valence electrons. The molecule has 2 rings (SSSR count). The van der Waals surface area contributed by atoms with Crippen LogP contribution in [0.25, 0.3) is 6.08 Å². The summed E-state index contributed by atoms with van der Waals surface area (Å²) < 4.78 is 10.5. The van der Waals surface area contributed by atoms with E-state index in [4.69, 9.17) is 15.2 Å². The van der Waals surface area contributed by atoms with Gasteiger partial charge in [0.1, 0.15) is 0 Å². The molecule has 25 heavy (non-hydrogen) atoms. The molecule has 0 saturated carbocycles. The quantitative estimate of drug-likeness (QED) is 0.767. The van der Waals surface area contributed by atoms with E-state index in [9.17, 15) is 9.59 Å². The number of ether oxygens (including phenoxy) is 2. The van der Waals surface area contributed by atoms with E-state index in [2.05, 4.69) is 18.9 Å². The highest BCUT2D eigenvalue weighted by atomic mass is 16.5. The van der Waals surface area contributed by atoms with Gasteiger partial charge >= 0.3 is 0 Å². The number of rotatable bonds is 6. The van der Waals surface area contributed by atoms with Crippen molar-refractivity contribution in [3.63, 3.8) is 0 Å². The van der Waals surface area contributed by atoms with Crippen molar-refractivity contribution in [1.82, 2.24) is 9.80 Å². The maximum absolute atomic E-state index is 12.4. The lowest BCUT2D eigenvalue weighted by molar-refractivity contribution is -0.130. The van der Waals surface area contributed by atoms with Crippen LogP contribution in [0.3, 0.4) is 0 Å². The number of hydrogen-bond donors (Lipinski definition) is 1. The number of likely N-dealkylation sites (N-methyl/N-ethyl adjacent to an activating group) is 1. The largest absolute Gasteiger partial charge is 0.493 e. The lowest BCUT2D eigenvalue weighted by Crippen LogP contribution is -2.52. The Labute approximate surface area is 148 Å². The van der Waals surface area contributed by atoms with E-state index >= 15 is 0 Å². The lowest BCUT2D eigenvalue weighted by Gasteiger charge is -2.37. The molecule has 0 bridgehead atoms. The minimum absolute atomic E-state index is 0.00591. The Morgan fingerprint density at radius 2 is 2.08 bits per heavy atom. The molecular formula is C18H25N3O4. The van der Waals surface area contributed by atoms with Crippen LogP contribution >= 0.6 is 0 Å². The van der Waals surface area contributed by atoms with E-state index in [-0.39, 0.29) is 18.6 Å². The zero-order chi connectivity index (χ0) is 18.4. The van der Waals surface area contributed by atoms with Crippen molar-refractivity contribution in [2.45, 2.75) is 13.0 Å². The van der Waals surface area contributed by atoms with Crippen LogP contribution in [0, 0.1) is 0 Å². The number of carbonyl (C=O) groups is 2. The highest BCUT2D eigenvalue weighted by Gasteiger charge is 2.24. The van der Waals surface area contributed by atoms with Crippen molar-refractivity contribution in [2.75, 3.05) is 40.4 Å². The van der Waals surface area contributed by atoms with Gasteiger partial charge in [0.2, 0.25) is 5.91 Å². The van der Waals surface area contributed by atoms with E-state index in [0.29, 0.717) is 11.5 Å². The molecule has 1 fully saturated rings. The lowest BCUT2D eigenvalue weighted by atomic mass is 10.1. The van der Waals surface area contributed by atoms with Gasteiger partial charge < -0.3 is 25.0 Å². The molecule has 1 aromatic rings. The average Bonchev–Trinajstić information content (AvgIpc) is 2.58. The second-order valence-corrected chi connectivity index (χ2v) is 6.14. The molecule has 2 N–H and O–H groups in total. The van der Waals surface area contributed by atoms with Crippen molar-refractivity contribution < 1.29 is 19.1 Å². The van der Waals surface area contributed by atoms with Gasteiger partial charge in [0, 0.05) is 31.8 Å². The van der Waals surface area contributed by atoms with Gasteiger partial charge in [0.25, 0.3) is 5.91 Å². The SMILES string of the molecule is COc1cc(C=CC(=O)N2CCN(C)CC2C)ccc1OCC(N)=O. The minimum atomic E-state index is -0.557. The summed E-state index contributed by atoms with van der Waals surface area (Å²) in [7, 11) is 3.57. The zero-order valence-electron chi connectivity index (χ0n) is 14.9. The Kier molecular flexibility index (Phi) is 6.41. The van der Waals surface area contributed by atoms with Crippen LogP contribution in [-0.4, -0.2) is 68.1 Å². The predicted molar refractivity (Wildman–Crippen MR) is 95.4 cm³/mol. The number of carbonyl (C=O) groups excluding carboxylic acids is 2. The van der Waals surface area contributed by atoms with E-state index in [1.54, 1.807) is 30.4 Å². The Hall–Kier alpha value is -2.54. The third-order valence-corrected chi connectivity index (χ3v) is 4.09. The summed E-state index contributed by atoms with van der Waals surface area (Å²) in [5, 5.41) is 0. The highest BCUT2D eigenvalue weighted by Crippen LogP contribution is 2.28. The molecule has 0 aliphatic carbocycles. The van der Waals surface area contributed by atoms with Gasteiger partial charge in [-0.15, -0.1) is 0 Å². The highest BCUT2D eigenvalue weighted by molar-refractivity contribution is 5.92. The van der Waals surface area contributed by atoms with Crippen LogP contribution in [-0.2, 0) is 9.59 Å². The molecule has 1 aliphatic rings. The number of nitrogens with two attached hydrogens (primary N) is 1. The standard InChI is InChI=1S/C18H25N3O4/c1-13-11-20(2)8-9-21(13)18(23)7-5-14-4-6-15(16(10-14)24-3)25-12-17(19)22/h4-7,10,13H,8-9,11-12H2,1-3H3,(H2,19,22). The molecule has 1 aromatic carbocycles. The van der Waals surface area contributed by atoms with Crippen LogP contribution in [0.2, 0.25) is 0 Å². The fraction of sp³-hybridized carbons (Fsp3) is 0.444. The van der Waals surface area contributed by atoms with Gasteiger partial charge in [-0.1, -0.05) is 6.07 Å². The van der Waals surface area contributed by atoms with Gasteiger partial charge in [0.15, 0.2) is 18.1 Å². The molecule has 0 radical (unpaired) electrons. The first kappa shape index (κ1) is 18.8. The maximum atomic E-state index is 12.4. The number of benzene rings is 1. The summed E-state index contributed by atoms with van der Waals surface area (Å²) >= 11 is 0. The first-order valence-corrected chi connectivity index (χ1v) is 8.17. The fourth-order valence-electron chi connectivity index (χ4n) is 2.79. The van der Waals surface area contributed by atoms with Crippen LogP contribution < -0.4 is 15.2 Å². The number of primary amides is 1. The molecular weight excluding hydrogens is 322 g/mol. The van der Waals surface area contributed by atoms with Gasteiger partial charge in [-0.25, -0.2) is 0 Å². The van der Waals surface area contributed by atoms with Crippen LogP contribution in [0.15, 0.2) is 24.3 Å². The molecule has 1 atom stereocenters. The summed E-state index contributed by atoms with van der Waals surface area (Å²) in [6, 6.07) is 5.41. The molecule has 1 aliphatic heterocycles. The topological polar surface area (TPSA) is 85.1 Å². The fourth-order valence-corrected chi connectivity index (χ4v) is 2.79. The van der Waals surface area contributed by atoms with Crippen molar-refractivity contribution in [3.05, 3.63) is 29.8 Å². The summed E-state index contributed by atoms with van der Waals surface area (Å²) in [6.45, 7) is 4.31. The van der Waals surface area contributed by atoms with Crippen molar-refractivity contribution in [3.8, 4) is 11.5 Å². The van der Waals surface area contributed by atoms with Gasteiger partial charge in [-0.05, 0) is 37.7 Å². The van der Waals surface area contributed by atoms with Crippen molar-refractivity contribution >= 4 is 17.9 Å². The summed E-state index contributed by atoms with van der Waals surface area (Å²) in [5.74, 6) is 0.341.